The van der Waals surface area contributed by atoms with Gasteiger partial charge in [-0.1, -0.05) is 30.9 Å². The molecule has 4 nitrogen and oxygen atoms in total. The van der Waals surface area contributed by atoms with E-state index >= 15 is 0 Å². The van der Waals surface area contributed by atoms with Crippen molar-refractivity contribution >= 4 is 5.91 Å². The Balaban J connectivity index is 1.49. The number of piperidine rings is 1. The van der Waals surface area contributed by atoms with E-state index < -0.39 is 0 Å². The van der Waals surface area contributed by atoms with Crippen LogP contribution in [0.3, 0.4) is 0 Å². The summed E-state index contributed by atoms with van der Waals surface area (Å²) in [6, 6.07) is 8.28. The monoisotopic (exact) mass is 356 g/mol. The van der Waals surface area contributed by atoms with Gasteiger partial charge in [0.05, 0.1) is 0 Å². The number of ether oxygens (including phenoxy) is 1. The minimum Gasteiger partial charge on any atom is -0.489 e. The summed E-state index contributed by atoms with van der Waals surface area (Å²) in [7, 11) is 0. The predicted molar refractivity (Wildman–Crippen MR) is 105 cm³/mol. The van der Waals surface area contributed by atoms with Crippen LogP contribution in [0.15, 0.2) is 36.9 Å². The number of hydrogen-bond acceptors (Lipinski definition) is 3. The third-order valence-electron chi connectivity index (χ3n) is 5.55. The lowest BCUT2D eigenvalue weighted by molar-refractivity contribution is -0.130. The summed E-state index contributed by atoms with van der Waals surface area (Å²) in [5.41, 5.74) is 1.24. The Morgan fingerprint density at radius 3 is 2.81 bits per heavy atom. The lowest BCUT2D eigenvalue weighted by Gasteiger charge is -2.33. The van der Waals surface area contributed by atoms with Gasteiger partial charge in [0.1, 0.15) is 12.4 Å². The van der Waals surface area contributed by atoms with Crippen molar-refractivity contribution in [3.8, 4) is 5.75 Å². The number of amides is 1. The lowest BCUT2D eigenvalue weighted by atomic mass is 9.93. The molecule has 1 amide bonds. The summed E-state index contributed by atoms with van der Waals surface area (Å²) < 4.78 is 5.80. The zero-order chi connectivity index (χ0) is 18.2. The second-order valence-electron chi connectivity index (χ2n) is 7.58. The van der Waals surface area contributed by atoms with Crippen LogP contribution in [0.25, 0.3) is 0 Å². The van der Waals surface area contributed by atoms with Crippen molar-refractivity contribution in [2.24, 2.45) is 5.92 Å². The molecule has 0 bridgehead atoms. The molecule has 2 aliphatic heterocycles. The number of nitrogens with zero attached hydrogens (tertiary/aromatic N) is 2. The van der Waals surface area contributed by atoms with Gasteiger partial charge in [0.15, 0.2) is 0 Å². The van der Waals surface area contributed by atoms with Crippen molar-refractivity contribution in [2.75, 3.05) is 32.8 Å². The van der Waals surface area contributed by atoms with E-state index in [4.69, 9.17) is 4.74 Å². The van der Waals surface area contributed by atoms with Gasteiger partial charge in [0, 0.05) is 38.2 Å². The molecule has 0 aromatic heterocycles. The van der Waals surface area contributed by atoms with Crippen molar-refractivity contribution in [1.29, 1.82) is 0 Å². The minimum atomic E-state index is 0.364. The molecule has 0 radical (unpaired) electrons. The molecule has 26 heavy (non-hydrogen) atoms. The Bertz CT molecular complexity index is 596. The molecule has 1 aromatic rings. The highest BCUT2D eigenvalue weighted by Gasteiger charge is 2.23. The highest BCUT2D eigenvalue weighted by molar-refractivity contribution is 5.76. The van der Waals surface area contributed by atoms with Gasteiger partial charge >= 0.3 is 0 Å². The molecule has 0 spiro atoms. The standard InChI is InChI=1S/C22H32N2O2/c1-2-16-26-21-10-4-3-9-20(21)18-23-13-7-8-19(17-23)11-12-22(25)24-14-5-6-15-24/h2-4,9-10,19H,1,5-8,11-18H2/t19-/m1/s1. The Morgan fingerprint density at radius 1 is 1.19 bits per heavy atom. The van der Waals surface area contributed by atoms with Crippen LogP contribution in [0.1, 0.15) is 44.1 Å². The largest absolute Gasteiger partial charge is 0.489 e. The molecule has 0 unspecified atom stereocenters. The van der Waals surface area contributed by atoms with Crippen molar-refractivity contribution in [2.45, 2.75) is 45.1 Å². The molecule has 0 N–H and O–H groups in total. The number of carbonyl (C=O) groups excluding carboxylic acids is 1. The molecular formula is C22H32N2O2. The maximum atomic E-state index is 12.3. The molecule has 4 heteroatoms. The molecule has 2 heterocycles. The second-order valence-corrected chi connectivity index (χ2v) is 7.58. The van der Waals surface area contributed by atoms with E-state index in [2.05, 4.69) is 23.6 Å². The highest BCUT2D eigenvalue weighted by Crippen LogP contribution is 2.26. The normalized spacial score (nSPS) is 20.9. The molecule has 0 saturated carbocycles. The number of hydrogen-bond donors (Lipinski definition) is 0. The molecule has 0 aliphatic carbocycles. The van der Waals surface area contributed by atoms with Gasteiger partial charge in [-0.3, -0.25) is 9.69 Å². The minimum absolute atomic E-state index is 0.364. The van der Waals surface area contributed by atoms with E-state index in [1.54, 1.807) is 6.08 Å². The van der Waals surface area contributed by atoms with Gasteiger partial charge in [-0.05, 0) is 50.6 Å². The molecule has 2 saturated heterocycles. The van der Waals surface area contributed by atoms with Gasteiger partial charge < -0.3 is 9.64 Å². The SMILES string of the molecule is C=CCOc1ccccc1CN1CCC[C@H](CCC(=O)N2CCCC2)C1. The zero-order valence-electron chi connectivity index (χ0n) is 15.9. The molecule has 3 rings (SSSR count). The predicted octanol–water partition coefficient (Wildman–Crippen LogP) is 3.87. The van der Waals surface area contributed by atoms with Crippen LogP contribution < -0.4 is 4.74 Å². The van der Waals surface area contributed by atoms with E-state index in [0.29, 0.717) is 18.4 Å². The van der Waals surface area contributed by atoms with Crippen LogP contribution in [0.5, 0.6) is 5.75 Å². The van der Waals surface area contributed by atoms with Crippen LogP contribution in [0.4, 0.5) is 0 Å². The Hall–Kier alpha value is -1.81. The summed E-state index contributed by atoms with van der Waals surface area (Å²) in [5, 5.41) is 0. The van der Waals surface area contributed by atoms with Gasteiger partial charge in [0.2, 0.25) is 5.91 Å². The summed E-state index contributed by atoms with van der Waals surface area (Å²) in [6.45, 7) is 9.34. The first-order valence-electron chi connectivity index (χ1n) is 10.1. The molecule has 2 aliphatic rings. The van der Waals surface area contributed by atoms with Crippen LogP contribution in [0, 0.1) is 5.92 Å². The van der Waals surface area contributed by atoms with Crippen molar-refractivity contribution in [1.82, 2.24) is 9.80 Å². The van der Waals surface area contributed by atoms with E-state index in [-0.39, 0.29) is 0 Å². The number of carbonyl (C=O) groups is 1. The molecule has 1 atom stereocenters. The van der Waals surface area contributed by atoms with Gasteiger partial charge in [-0.15, -0.1) is 0 Å². The zero-order valence-corrected chi connectivity index (χ0v) is 15.9. The molecule has 142 valence electrons. The number of para-hydroxylation sites is 1. The molecule has 2 fully saturated rings. The van der Waals surface area contributed by atoms with Crippen LogP contribution >= 0.6 is 0 Å². The lowest BCUT2D eigenvalue weighted by Crippen LogP contribution is -2.36. The van der Waals surface area contributed by atoms with E-state index in [1.165, 1.54) is 31.2 Å². The van der Waals surface area contributed by atoms with Crippen LogP contribution in [-0.4, -0.2) is 48.5 Å². The first kappa shape index (κ1) is 19.0. The topological polar surface area (TPSA) is 32.8 Å². The van der Waals surface area contributed by atoms with Gasteiger partial charge in [0.25, 0.3) is 0 Å². The van der Waals surface area contributed by atoms with Crippen LogP contribution in [0.2, 0.25) is 0 Å². The number of benzene rings is 1. The number of likely N-dealkylation sites (tertiary alicyclic amines) is 2. The van der Waals surface area contributed by atoms with Gasteiger partial charge in [-0.2, -0.15) is 0 Å². The Labute approximate surface area is 157 Å². The fourth-order valence-corrected chi connectivity index (χ4v) is 4.15. The fraction of sp³-hybridized carbons (Fsp3) is 0.591. The van der Waals surface area contributed by atoms with Crippen molar-refractivity contribution < 1.29 is 9.53 Å². The van der Waals surface area contributed by atoms with E-state index in [1.807, 2.05) is 17.0 Å². The fourth-order valence-electron chi connectivity index (χ4n) is 4.15. The molecular weight excluding hydrogens is 324 g/mol. The summed E-state index contributed by atoms with van der Waals surface area (Å²) in [6.07, 6.45) is 8.35. The maximum Gasteiger partial charge on any atom is 0.222 e. The summed E-state index contributed by atoms with van der Waals surface area (Å²) in [4.78, 5) is 16.9. The maximum absolute atomic E-state index is 12.3. The van der Waals surface area contributed by atoms with Crippen LogP contribution in [-0.2, 0) is 11.3 Å². The van der Waals surface area contributed by atoms with Gasteiger partial charge in [-0.25, -0.2) is 0 Å². The molecule has 1 aromatic carbocycles. The van der Waals surface area contributed by atoms with Crippen molar-refractivity contribution in [3.63, 3.8) is 0 Å². The summed E-state index contributed by atoms with van der Waals surface area (Å²) >= 11 is 0. The number of rotatable bonds is 8. The first-order valence-corrected chi connectivity index (χ1v) is 10.1. The second kappa shape index (κ2) is 9.77. The highest BCUT2D eigenvalue weighted by atomic mass is 16.5. The van der Waals surface area contributed by atoms with Crippen molar-refractivity contribution in [3.05, 3.63) is 42.5 Å². The van der Waals surface area contributed by atoms with E-state index in [0.717, 1.165) is 51.3 Å². The first-order chi connectivity index (χ1) is 12.8. The summed E-state index contributed by atoms with van der Waals surface area (Å²) in [5.74, 6) is 1.96. The Kier molecular flexibility index (Phi) is 7.13. The van der Waals surface area contributed by atoms with E-state index in [9.17, 15) is 4.79 Å². The Morgan fingerprint density at radius 2 is 2.00 bits per heavy atom. The average molecular weight is 357 g/mol. The smallest absolute Gasteiger partial charge is 0.222 e. The quantitative estimate of drug-likeness (QED) is 0.663. The third-order valence-corrected chi connectivity index (χ3v) is 5.55. The third kappa shape index (κ3) is 5.34. The average Bonchev–Trinajstić information content (AvgIpc) is 3.21.